The van der Waals surface area contributed by atoms with Crippen LogP contribution in [0.5, 0.6) is 0 Å². The first kappa shape index (κ1) is 13.8. The molecule has 0 atom stereocenters. The molecule has 0 aliphatic heterocycles. The summed E-state index contributed by atoms with van der Waals surface area (Å²) in [5, 5.41) is 0. The maximum Gasteiger partial charge on any atom is 0.162 e. The number of nitrogens with two attached hydrogens (primary N) is 1. The highest BCUT2D eigenvalue weighted by atomic mass is 19.1. The first-order valence-corrected chi connectivity index (χ1v) is 5.10. The van der Waals surface area contributed by atoms with Crippen molar-refractivity contribution in [1.82, 2.24) is 0 Å². The van der Waals surface area contributed by atoms with E-state index < -0.39 is 0 Å². The number of halogens is 1. The molecular weight excluding hydrogens is 193 g/mol. The van der Waals surface area contributed by atoms with Crippen LogP contribution < -0.4 is 5.73 Å². The van der Waals surface area contributed by atoms with Crippen LogP contribution in [-0.4, -0.2) is 12.8 Å². The standard InChI is InChI=1S/C11H13FO.CH5N/c1-2-3-4-11(13)9-5-7-10(12)8-6-9;1-2/h5-8H,2-4H2,1H3;2H2,1H3. The molecule has 84 valence electrons. The zero-order valence-electron chi connectivity index (χ0n) is 9.29. The number of unbranched alkanes of at least 4 members (excludes halogenated alkanes) is 1. The number of rotatable bonds is 4. The quantitative estimate of drug-likeness (QED) is 0.778. The van der Waals surface area contributed by atoms with E-state index >= 15 is 0 Å². The molecule has 3 heteroatoms. The minimum absolute atomic E-state index is 0.0989. The van der Waals surface area contributed by atoms with Gasteiger partial charge in [-0.1, -0.05) is 13.3 Å². The Morgan fingerprint density at radius 3 is 2.27 bits per heavy atom. The number of hydrogen-bond acceptors (Lipinski definition) is 2. The Kier molecular flexibility index (Phi) is 7.46. The lowest BCUT2D eigenvalue weighted by Gasteiger charge is -1.98. The average Bonchev–Trinajstić information content (AvgIpc) is 2.29. The second-order valence-electron chi connectivity index (χ2n) is 3.03. The molecule has 2 nitrogen and oxygen atoms in total. The Bertz CT molecular complexity index is 282. The van der Waals surface area contributed by atoms with Crippen LogP contribution in [0, 0.1) is 5.82 Å². The van der Waals surface area contributed by atoms with E-state index in [2.05, 4.69) is 5.73 Å². The molecule has 1 aromatic rings. The summed E-state index contributed by atoms with van der Waals surface area (Å²) in [5.41, 5.74) is 5.11. The minimum atomic E-state index is -0.299. The van der Waals surface area contributed by atoms with Crippen molar-refractivity contribution in [3.63, 3.8) is 0 Å². The Hall–Kier alpha value is -1.22. The van der Waals surface area contributed by atoms with Gasteiger partial charge >= 0.3 is 0 Å². The maximum atomic E-state index is 12.5. The van der Waals surface area contributed by atoms with Crippen molar-refractivity contribution in [2.75, 3.05) is 7.05 Å². The molecule has 0 amide bonds. The van der Waals surface area contributed by atoms with Gasteiger partial charge in [0, 0.05) is 12.0 Å². The largest absolute Gasteiger partial charge is 0.333 e. The van der Waals surface area contributed by atoms with Crippen molar-refractivity contribution < 1.29 is 9.18 Å². The fourth-order valence-electron chi connectivity index (χ4n) is 1.12. The van der Waals surface area contributed by atoms with Crippen LogP contribution in [0.4, 0.5) is 4.39 Å². The summed E-state index contributed by atoms with van der Waals surface area (Å²) in [7, 11) is 1.50. The molecule has 2 N–H and O–H groups in total. The van der Waals surface area contributed by atoms with Crippen LogP contribution in [0.25, 0.3) is 0 Å². The van der Waals surface area contributed by atoms with Gasteiger partial charge < -0.3 is 5.73 Å². The van der Waals surface area contributed by atoms with E-state index in [1.54, 1.807) is 0 Å². The predicted octanol–water partition coefficient (Wildman–Crippen LogP) is 2.77. The molecule has 0 radical (unpaired) electrons. The molecule has 0 aromatic heterocycles. The van der Waals surface area contributed by atoms with Gasteiger partial charge in [-0.25, -0.2) is 4.39 Å². The summed E-state index contributed by atoms with van der Waals surface area (Å²) in [6, 6.07) is 5.71. The van der Waals surface area contributed by atoms with Gasteiger partial charge in [-0.3, -0.25) is 4.79 Å². The predicted molar refractivity (Wildman–Crippen MR) is 60.4 cm³/mol. The molecule has 0 saturated carbocycles. The molecule has 0 fully saturated rings. The fourth-order valence-corrected chi connectivity index (χ4v) is 1.12. The second kappa shape index (κ2) is 8.12. The van der Waals surface area contributed by atoms with E-state index in [0.717, 1.165) is 12.8 Å². The third-order valence-corrected chi connectivity index (χ3v) is 1.92. The maximum absolute atomic E-state index is 12.5. The molecule has 1 aromatic carbocycles. The highest BCUT2D eigenvalue weighted by Gasteiger charge is 2.03. The molecule has 0 aliphatic rings. The van der Waals surface area contributed by atoms with Gasteiger partial charge in [0.1, 0.15) is 5.82 Å². The van der Waals surface area contributed by atoms with Crippen LogP contribution in [-0.2, 0) is 0 Å². The zero-order chi connectivity index (χ0) is 11.7. The molecule has 15 heavy (non-hydrogen) atoms. The van der Waals surface area contributed by atoms with Crippen molar-refractivity contribution in [1.29, 1.82) is 0 Å². The normalized spacial score (nSPS) is 9.07. The molecule has 0 heterocycles. The van der Waals surface area contributed by atoms with Crippen LogP contribution in [0.2, 0.25) is 0 Å². The third kappa shape index (κ3) is 5.27. The molecule has 0 spiro atoms. The van der Waals surface area contributed by atoms with Crippen LogP contribution in [0.1, 0.15) is 36.5 Å². The van der Waals surface area contributed by atoms with Gasteiger partial charge in [-0.05, 0) is 37.7 Å². The summed E-state index contributed by atoms with van der Waals surface area (Å²) in [6.07, 6.45) is 2.46. The van der Waals surface area contributed by atoms with Gasteiger partial charge in [-0.2, -0.15) is 0 Å². The molecule has 0 unspecified atom stereocenters. The number of benzene rings is 1. The van der Waals surface area contributed by atoms with Crippen molar-refractivity contribution in [2.45, 2.75) is 26.2 Å². The van der Waals surface area contributed by atoms with Crippen LogP contribution in [0.15, 0.2) is 24.3 Å². The van der Waals surface area contributed by atoms with Crippen LogP contribution in [0.3, 0.4) is 0 Å². The summed E-state index contributed by atoms with van der Waals surface area (Å²) < 4.78 is 12.5. The summed E-state index contributed by atoms with van der Waals surface area (Å²) in [4.78, 5) is 11.4. The van der Waals surface area contributed by atoms with Crippen molar-refractivity contribution in [3.05, 3.63) is 35.6 Å². The molecule has 0 aliphatic carbocycles. The van der Waals surface area contributed by atoms with Gasteiger partial charge in [-0.15, -0.1) is 0 Å². The first-order chi connectivity index (χ1) is 7.24. The van der Waals surface area contributed by atoms with Crippen LogP contribution >= 0.6 is 0 Å². The van der Waals surface area contributed by atoms with Gasteiger partial charge in [0.05, 0.1) is 0 Å². The van der Waals surface area contributed by atoms with Gasteiger partial charge in [0.2, 0.25) is 0 Å². The highest BCUT2D eigenvalue weighted by molar-refractivity contribution is 5.95. The molecule has 0 bridgehead atoms. The zero-order valence-corrected chi connectivity index (χ0v) is 9.29. The van der Waals surface area contributed by atoms with E-state index in [1.165, 1.54) is 31.3 Å². The van der Waals surface area contributed by atoms with E-state index in [1.807, 2.05) is 6.92 Å². The van der Waals surface area contributed by atoms with Crippen molar-refractivity contribution in [3.8, 4) is 0 Å². The van der Waals surface area contributed by atoms with E-state index in [9.17, 15) is 9.18 Å². The highest BCUT2D eigenvalue weighted by Crippen LogP contribution is 2.07. The summed E-state index contributed by atoms with van der Waals surface area (Å²) in [6.45, 7) is 2.04. The molecule has 1 rings (SSSR count). The van der Waals surface area contributed by atoms with Crippen molar-refractivity contribution in [2.24, 2.45) is 5.73 Å². The minimum Gasteiger partial charge on any atom is -0.333 e. The number of carbonyl (C=O) groups excluding carboxylic acids is 1. The SMILES string of the molecule is CCCCC(=O)c1ccc(F)cc1.CN. The third-order valence-electron chi connectivity index (χ3n) is 1.92. The van der Waals surface area contributed by atoms with E-state index in [-0.39, 0.29) is 11.6 Å². The first-order valence-electron chi connectivity index (χ1n) is 5.10. The Morgan fingerprint density at radius 2 is 1.80 bits per heavy atom. The van der Waals surface area contributed by atoms with Crippen molar-refractivity contribution >= 4 is 5.78 Å². The number of ketones is 1. The fraction of sp³-hybridized carbons (Fsp3) is 0.417. The van der Waals surface area contributed by atoms with E-state index in [0.29, 0.717) is 12.0 Å². The van der Waals surface area contributed by atoms with Gasteiger partial charge in [0.15, 0.2) is 5.78 Å². The topological polar surface area (TPSA) is 43.1 Å². The smallest absolute Gasteiger partial charge is 0.162 e. The lowest BCUT2D eigenvalue weighted by atomic mass is 10.1. The lowest BCUT2D eigenvalue weighted by Crippen LogP contribution is -1.98. The number of hydrogen-bond donors (Lipinski definition) is 1. The summed E-state index contributed by atoms with van der Waals surface area (Å²) >= 11 is 0. The van der Waals surface area contributed by atoms with E-state index in [4.69, 9.17) is 0 Å². The monoisotopic (exact) mass is 211 g/mol. The summed E-state index contributed by atoms with van der Waals surface area (Å²) in [5.74, 6) is -0.200. The Balaban J connectivity index is 0.000000921. The number of carbonyl (C=O) groups is 1. The lowest BCUT2D eigenvalue weighted by molar-refractivity contribution is 0.0979. The number of Topliss-reactive ketones (excluding diaryl/α,β-unsaturated/α-hetero) is 1. The van der Waals surface area contributed by atoms with Gasteiger partial charge in [0.25, 0.3) is 0 Å². The Morgan fingerprint density at radius 1 is 1.27 bits per heavy atom. The molecule has 0 saturated heterocycles. The second-order valence-corrected chi connectivity index (χ2v) is 3.03. The molecular formula is C12H18FNO. The Labute approximate surface area is 90.3 Å². The average molecular weight is 211 g/mol.